The molecule has 0 unspecified atom stereocenters. The van der Waals surface area contributed by atoms with Crippen LogP contribution in [-0.2, 0) is 0 Å². The van der Waals surface area contributed by atoms with E-state index in [0.717, 1.165) is 5.56 Å². The maximum Gasteiger partial charge on any atom is 0.0641 e. The fourth-order valence-electron chi connectivity index (χ4n) is 0.827. The molecule has 0 saturated heterocycles. The maximum atomic E-state index is 8.35. The van der Waals surface area contributed by atoms with Gasteiger partial charge in [-0.1, -0.05) is 0 Å². The first-order valence-corrected chi connectivity index (χ1v) is 3.37. The summed E-state index contributed by atoms with van der Waals surface area (Å²) in [6.45, 7) is 0. The molecule has 0 radical (unpaired) electrons. The third kappa shape index (κ3) is 2.03. The summed E-state index contributed by atoms with van der Waals surface area (Å²) in [5, 5.41) is 8.35. The van der Waals surface area contributed by atoms with E-state index < -0.39 is 0 Å². The molecule has 2 N–H and O–H groups in total. The van der Waals surface area contributed by atoms with E-state index in [4.69, 9.17) is 11.0 Å². The Bertz CT molecular complexity index is 250. The molecule has 1 heterocycles. The molecule has 1 aromatic rings. The number of hydrogen-bond donors (Lipinski definition) is 1. The highest BCUT2D eigenvalue weighted by Crippen LogP contribution is 2.10. The summed E-state index contributed by atoms with van der Waals surface area (Å²) in [5.74, 6) is 0. The van der Waals surface area contributed by atoms with E-state index >= 15 is 0 Å². The molecule has 0 aliphatic rings. The molecule has 0 aliphatic heterocycles. The van der Waals surface area contributed by atoms with Gasteiger partial charge < -0.3 is 5.73 Å². The molecule has 56 valence electrons. The third-order valence-electron chi connectivity index (χ3n) is 1.45. The average Bonchev–Trinajstić information content (AvgIpc) is 2.07. The number of hydrogen-bond acceptors (Lipinski definition) is 3. The lowest BCUT2D eigenvalue weighted by Gasteiger charge is -2.05. The van der Waals surface area contributed by atoms with Gasteiger partial charge in [0, 0.05) is 18.4 Å². The molecular weight excluding hydrogens is 138 g/mol. The molecule has 1 rings (SSSR count). The van der Waals surface area contributed by atoms with E-state index in [-0.39, 0.29) is 6.04 Å². The standard InChI is InChI=1S/C8H9N3/c9-4-1-8(10)7-2-5-11-6-3-7/h2-3,5-6,8H,1,10H2/t8-/m0/s1. The molecule has 11 heavy (non-hydrogen) atoms. The highest BCUT2D eigenvalue weighted by molar-refractivity contribution is 5.15. The summed E-state index contributed by atoms with van der Waals surface area (Å²) >= 11 is 0. The molecule has 0 bridgehead atoms. The summed E-state index contributed by atoms with van der Waals surface area (Å²) in [7, 11) is 0. The van der Waals surface area contributed by atoms with Crippen LogP contribution in [0.2, 0.25) is 0 Å². The van der Waals surface area contributed by atoms with Crippen LogP contribution in [0.4, 0.5) is 0 Å². The zero-order valence-electron chi connectivity index (χ0n) is 6.07. The zero-order chi connectivity index (χ0) is 8.10. The lowest BCUT2D eigenvalue weighted by molar-refractivity contribution is 0.747. The van der Waals surface area contributed by atoms with Crippen molar-refractivity contribution in [2.24, 2.45) is 5.73 Å². The van der Waals surface area contributed by atoms with Gasteiger partial charge in [0.1, 0.15) is 0 Å². The first-order chi connectivity index (χ1) is 5.34. The van der Waals surface area contributed by atoms with E-state index in [9.17, 15) is 0 Å². The summed E-state index contributed by atoms with van der Waals surface area (Å²) in [5.41, 5.74) is 6.62. The Morgan fingerprint density at radius 2 is 2.18 bits per heavy atom. The summed E-state index contributed by atoms with van der Waals surface area (Å²) in [4.78, 5) is 3.85. The molecule has 0 aliphatic carbocycles. The van der Waals surface area contributed by atoms with Gasteiger partial charge in [0.15, 0.2) is 0 Å². The van der Waals surface area contributed by atoms with Crippen LogP contribution in [0, 0.1) is 11.3 Å². The van der Waals surface area contributed by atoms with Gasteiger partial charge >= 0.3 is 0 Å². The molecule has 1 aromatic heterocycles. The van der Waals surface area contributed by atoms with Crippen LogP contribution < -0.4 is 5.73 Å². The Balaban J connectivity index is 2.70. The monoisotopic (exact) mass is 147 g/mol. The van der Waals surface area contributed by atoms with Crippen molar-refractivity contribution in [1.82, 2.24) is 4.98 Å². The highest BCUT2D eigenvalue weighted by atomic mass is 14.6. The number of rotatable bonds is 2. The molecule has 0 fully saturated rings. The molecule has 3 nitrogen and oxygen atoms in total. The van der Waals surface area contributed by atoms with Gasteiger partial charge in [-0.3, -0.25) is 4.98 Å². The molecule has 0 saturated carbocycles. The van der Waals surface area contributed by atoms with E-state index in [0.29, 0.717) is 6.42 Å². The van der Waals surface area contributed by atoms with Crippen LogP contribution >= 0.6 is 0 Å². The third-order valence-corrected chi connectivity index (χ3v) is 1.45. The van der Waals surface area contributed by atoms with E-state index in [1.54, 1.807) is 12.4 Å². The largest absolute Gasteiger partial charge is 0.323 e. The maximum absolute atomic E-state index is 8.35. The van der Waals surface area contributed by atoms with Crippen LogP contribution in [-0.4, -0.2) is 4.98 Å². The SMILES string of the molecule is N#CC[C@H](N)c1ccncc1. The van der Waals surface area contributed by atoms with Crippen molar-refractivity contribution in [3.63, 3.8) is 0 Å². The van der Waals surface area contributed by atoms with Crippen LogP contribution in [0.5, 0.6) is 0 Å². The Morgan fingerprint density at radius 3 is 2.73 bits per heavy atom. The number of nitrogens with two attached hydrogens (primary N) is 1. The summed E-state index contributed by atoms with van der Waals surface area (Å²) < 4.78 is 0. The fraction of sp³-hybridized carbons (Fsp3) is 0.250. The second-order valence-corrected chi connectivity index (χ2v) is 2.25. The quantitative estimate of drug-likeness (QED) is 0.678. The van der Waals surface area contributed by atoms with Gasteiger partial charge in [-0.15, -0.1) is 0 Å². The van der Waals surface area contributed by atoms with Crippen molar-refractivity contribution < 1.29 is 0 Å². The second-order valence-electron chi connectivity index (χ2n) is 2.25. The van der Waals surface area contributed by atoms with E-state index in [1.807, 2.05) is 18.2 Å². The van der Waals surface area contributed by atoms with Crippen molar-refractivity contribution in [3.8, 4) is 6.07 Å². The van der Waals surface area contributed by atoms with Gasteiger partial charge in [-0.05, 0) is 17.7 Å². The van der Waals surface area contributed by atoms with Gasteiger partial charge in [-0.2, -0.15) is 5.26 Å². The van der Waals surface area contributed by atoms with Gasteiger partial charge in [0.05, 0.1) is 12.5 Å². The lowest BCUT2D eigenvalue weighted by Crippen LogP contribution is -2.08. The van der Waals surface area contributed by atoms with Crippen molar-refractivity contribution in [3.05, 3.63) is 30.1 Å². The number of nitrogens with zero attached hydrogens (tertiary/aromatic N) is 2. The first-order valence-electron chi connectivity index (χ1n) is 3.37. The second kappa shape index (κ2) is 3.69. The van der Waals surface area contributed by atoms with Crippen molar-refractivity contribution in [2.75, 3.05) is 0 Å². The Kier molecular flexibility index (Phi) is 2.59. The topological polar surface area (TPSA) is 62.7 Å². The van der Waals surface area contributed by atoms with Crippen LogP contribution in [0.3, 0.4) is 0 Å². The predicted molar refractivity (Wildman–Crippen MR) is 41.4 cm³/mol. The van der Waals surface area contributed by atoms with Crippen molar-refractivity contribution in [2.45, 2.75) is 12.5 Å². The summed E-state index contributed by atoms with van der Waals surface area (Å²) in [6.07, 6.45) is 3.70. The van der Waals surface area contributed by atoms with Gasteiger partial charge in [0.25, 0.3) is 0 Å². The molecular formula is C8H9N3. The zero-order valence-corrected chi connectivity index (χ0v) is 6.07. The normalized spacial score (nSPS) is 12.0. The minimum absolute atomic E-state index is 0.178. The number of nitriles is 1. The molecule has 1 atom stereocenters. The number of pyridine rings is 1. The van der Waals surface area contributed by atoms with Gasteiger partial charge in [-0.25, -0.2) is 0 Å². The van der Waals surface area contributed by atoms with E-state index in [1.165, 1.54) is 0 Å². The van der Waals surface area contributed by atoms with Gasteiger partial charge in [0.2, 0.25) is 0 Å². The minimum Gasteiger partial charge on any atom is -0.323 e. The molecule has 0 spiro atoms. The molecule has 0 aromatic carbocycles. The Labute approximate surface area is 65.5 Å². The van der Waals surface area contributed by atoms with E-state index in [2.05, 4.69) is 4.98 Å². The average molecular weight is 147 g/mol. The molecule has 0 amide bonds. The first kappa shape index (κ1) is 7.70. The summed E-state index contributed by atoms with van der Waals surface area (Å²) in [6, 6.07) is 5.49. The lowest BCUT2D eigenvalue weighted by atomic mass is 10.1. The predicted octanol–water partition coefficient (Wildman–Crippen LogP) is 0.995. The fourth-order valence-corrected chi connectivity index (χ4v) is 0.827. The number of aromatic nitrogens is 1. The van der Waals surface area contributed by atoms with Crippen LogP contribution in [0.15, 0.2) is 24.5 Å². The van der Waals surface area contributed by atoms with Crippen molar-refractivity contribution in [1.29, 1.82) is 5.26 Å². The van der Waals surface area contributed by atoms with Crippen molar-refractivity contribution >= 4 is 0 Å². The smallest absolute Gasteiger partial charge is 0.0641 e. The molecule has 3 heteroatoms. The minimum atomic E-state index is -0.178. The Hall–Kier alpha value is -1.40. The van der Waals surface area contributed by atoms with Crippen LogP contribution in [0.25, 0.3) is 0 Å². The van der Waals surface area contributed by atoms with Crippen LogP contribution in [0.1, 0.15) is 18.0 Å². The highest BCUT2D eigenvalue weighted by Gasteiger charge is 2.02. The Morgan fingerprint density at radius 1 is 1.55 bits per heavy atom.